The minimum atomic E-state index is -0.0946. The van der Waals surface area contributed by atoms with Crippen LogP contribution < -0.4 is 5.73 Å². The van der Waals surface area contributed by atoms with Crippen LogP contribution in [0.15, 0.2) is 40.9 Å². The molecule has 1 unspecified atom stereocenters. The number of rotatable bonds is 2. The maximum absolute atomic E-state index is 6.37. The van der Waals surface area contributed by atoms with Crippen LogP contribution in [0.25, 0.3) is 0 Å². The Kier molecular flexibility index (Phi) is 3.44. The lowest BCUT2D eigenvalue weighted by Gasteiger charge is -2.15. The Hall–Kier alpha value is -1.16. The molecule has 2 aromatic carbocycles. The third kappa shape index (κ3) is 2.46. The van der Waals surface area contributed by atoms with Crippen molar-refractivity contribution in [3.8, 4) is 0 Å². The Balaban J connectivity index is 1.94. The maximum Gasteiger partial charge on any atom is 0.0725 e. The van der Waals surface area contributed by atoms with Crippen molar-refractivity contribution in [1.82, 2.24) is 0 Å². The van der Waals surface area contributed by atoms with Crippen molar-refractivity contribution in [2.75, 3.05) is 0 Å². The van der Waals surface area contributed by atoms with E-state index in [2.05, 4.69) is 59.3 Å². The molecule has 0 saturated carbocycles. The van der Waals surface area contributed by atoms with E-state index in [1.165, 1.54) is 16.7 Å². The number of nitrogens with two attached hydrogens (primary N) is 1. The zero-order valence-corrected chi connectivity index (χ0v) is 12.4. The first kappa shape index (κ1) is 12.9. The molecule has 3 heteroatoms. The molecule has 0 saturated heterocycles. The van der Waals surface area contributed by atoms with Gasteiger partial charge in [0.05, 0.1) is 19.3 Å². The molecule has 3 rings (SSSR count). The van der Waals surface area contributed by atoms with E-state index >= 15 is 0 Å². The molecule has 0 radical (unpaired) electrons. The normalized spacial score (nSPS) is 15.3. The van der Waals surface area contributed by atoms with Crippen LogP contribution in [0.5, 0.6) is 0 Å². The largest absolute Gasteiger partial charge is 0.372 e. The lowest BCUT2D eigenvalue weighted by atomic mass is 9.96. The molecule has 2 N–H and O–H groups in total. The van der Waals surface area contributed by atoms with Crippen LogP contribution in [0.2, 0.25) is 0 Å². The fourth-order valence-corrected chi connectivity index (χ4v) is 2.78. The first-order valence-electron chi connectivity index (χ1n) is 6.36. The lowest BCUT2D eigenvalue weighted by molar-refractivity contribution is 0.134. The SMILES string of the molecule is Cc1ccc(C(N)c2ccc3c(c2)COC3)cc1Br. The molecule has 0 aliphatic carbocycles. The Labute approximate surface area is 121 Å². The van der Waals surface area contributed by atoms with E-state index in [1.807, 2.05) is 0 Å². The molecule has 98 valence electrons. The number of ether oxygens (including phenoxy) is 1. The summed E-state index contributed by atoms with van der Waals surface area (Å²) < 4.78 is 6.54. The van der Waals surface area contributed by atoms with Gasteiger partial charge in [0.15, 0.2) is 0 Å². The first-order chi connectivity index (χ1) is 9.15. The van der Waals surface area contributed by atoms with Gasteiger partial charge in [-0.05, 0) is 40.8 Å². The van der Waals surface area contributed by atoms with Gasteiger partial charge in [-0.25, -0.2) is 0 Å². The van der Waals surface area contributed by atoms with Crippen molar-refractivity contribution in [3.63, 3.8) is 0 Å². The molecule has 0 aromatic heterocycles. The number of hydrogen-bond acceptors (Lipinski definition) is 2. The summed E-state index contributed by atoms with van der Waals surface area (Å²) in [6.07, 6.45) is 0. The van der Waals surface area contributed by atoms with Gasteiger partial charge < -0.3 is 10.5 Å². The Bertz CT molecular complexity index is 624. The summed E-state index contributed by atoms with van der Waals surface area (Å²) in [6.45, 7) is 3.50. The molecule has 2 aromatic rings. The monoisotopic (exact) mass is 317 g/mol. The van der Waals surface area contributed by atoms with Gasteiger partial charge in [-0.3, -0.25) is 0 Å². The second-order valence-corrected chi connectivity index (χ2v) is 5.86. The topological polar surface area (TPSA) is 35.2 Å². The van der Waals surface area contributed by atoms with Gasteiger partial charge in [-0.2, -0.15) is 0 Å². The summed E-state index contributed by atoms with van der Waals surface area (Å²) in [4.78, 5) is 0. The van der Waals surface area contributed by atoms with E-state index in [0.717, 1.165) is 22.2 Å². The van der Waals surface area contributed by atoms with Crippen molar-refractivity contribution in [2.45, 2.75) is 26.2 Å². The summed E-state index contributed by atoms with van der Waals surface area (Å²) in [5.41, 5.74) is 12.4. The summed E-state index contributed by atoms with van der Waals surface area (Å²) in [5.74, 6) is 0. The van der Waals surface area contributed by atoms with E-state index in [1.54, 1.807) is 0 Å². The van der Waals surface area contributed by atoms with Crippen molar-refractivity contribution in [2.24, 2.45) is 5.73 Å². The molecule has 1 aliphatic heterocycles. The van der Waals surface area contributed by atoms with Crippen molar-refractivity contribution in [3.05, 3.63) is 68.7 Å². The highest BCUT2D eigenvalue weighted by molar-refractivity contribution is 9.10. The van der Waals surface area contributed by atoms with Crippen LogP contribution in [0.1, 0.15) is 33.9 Å². The summed E-state index contributed by atoms with van der Waals surface area (Å²) in [6, 6.07) is 12.6. The molecule has 1 heterocycles. The number of benzene rings is 2. The lowest BCUT2D eigenvalue weighted by Crippen LogP contribution is -2.12. The molecule has 0 spiro atoms. The Morgan fingerprint density at radius 2 is 1.74 bits per heavy atom. The minimum absolute atomic E-state index is 0.0946. The number of fused-ring (bicyclic) bond motifs is 1. The average molecular weight is 318 g/mol. The highest BCUT2D eigenvalue weighted by Crippen LogP contribution is 2.28. The van der Waals surface area contributed by atoms with Crippen LogP contribution in [-0.4, -0.2) is 0 Å². The fraction of sp³-hybridized carbons (Fsp3) is 0.250. The summed E-state index contributed by atoms with van der Waals surface area (Å²) in [7, 11) is 0. The van der Waals surface area contributed by atoms with Gasteiger partial charge >= 0.3 is 0 Å². The zero-order valence-electron chi connectivity index (χ0n) is 10.8. The van der Waals surface area contributed by atoms with Gasteiger partial charge in [0.25, 0.3) is 0 Å². The van der Waals surface area contributed by atoms with Crippen LogP contribution in [0, 0.1) is 6.92 Å². The Morgan fingerprint density at radius 3 is 2.53 bits per heavy atom. The third-order valence-corrected chi connectivity index (χ3v) is 4.51. The molecule has 1 aliphatic rings. The zero-order chi connectivity index (χ0) is 13.4. The molecule has 0 fully saturated rings. The minimum Gasteiger partial charge on any atom is -0.372 e. The molecule has 1 atom stereocenters. The van der Waals surface area contributed by atoms with E-state index in [9.17, 15) is 0 Å². The molecule has 0 bridgehead atoms. The highest BCUT2D eigenvalue weighted by Gasteiger charge is 2.15. The fourth-order valence-electron chi connectivity index (χ4n) is 2.38. The van der Waals surface area contributed by atoms with Crippen LogP contribution in [-0.2, 0) is 18.0 Å². The van der Waals surface area contributed by atoms with Crippen molar-refractivity contribution < 1.29 is 4.74 Å². The van der Waals surface area contributed by atoms with E-state index in [4.69, 9.17) is 10.5 Å². The van der Waals surface area contributed by atoms with Crippen molar-refractivity contribution >= 4 is 15.9 Å². The van der Waals surface area contributed by atoms with Gasteiger partial charge in [0.2, 0.25) is 0 Å². The van der Waals surface area contributed by atoms with Gasteiger partial charge in [-0.1, -0.05) is 46.3 Å². The summed E-state index contributed by atoms with van der Waals surface area (Å²) in [5, 5.41) is 0. The van der Waals surface area contributed by atoms with Crippen LogP contribution >= 0.6 is 15.9 Å². The quantitative estimate of drug-likeness (QED) is 0.913. The maximum atomic E-state index is 6.37. The van der Waals surface area contributed by atoms with E-state index in [0.29, 0.717) is 6.61 Å². The van der Waals surface area contributed by atoms with Gasteiger partial charge in [0.1, 0.15) is 0 Å². The first-order valence-corrected chi connectivity index (χ1v) is 7.15. The highest BCUT2D eigenvalue weighted by atomic mass is 79.9. The predicted octanol–water partition coefficient (Wildman–Crippen LogP) is 3.84. The van der Waals surface area contributed by atoms with Gasteiger partial charge in [-0.15, -0.1) is 0 Å². The molecule has 2 nitrogen and oxygen atoms in total. The second-order valence-electron chi connectivity index (χ2n) is 5.01. The van der Waals surface area contributed by atoms with Crippen LogP contribution in [0.3, 0.4) is 0 Å². The van der Waals surface area contributed by atoms with Gasteiger partial charge in [0, 0.05) is 4.47 Å². The molecule has 0 amide bonds. The number of hydrogen-bond donors (Lipinski definition) is 1. The molecular formula is C16H16BrNO. The molecular weight excluding hydrogens is 302 g/mol. The third-order valence-electron chi connectivity index (χ3n) is 3.66. The second kappa shape index (κ2) is 5.08. The van der Waals surface area contributed by atoms with E-state index < -0.39 is 0 Å². The standard InChI is InChI=1S/C16H16BrNO/c1-10-2-3-12(7-15(10)17)16(18)11-4-5-13-8-19-9-14(13)6-11/h2-7,16H,8-9,18H2,1H3. The smallest absolute Gasteiger partial charge is 0.0725 e. The number of aryl methyl sites for hydroxylation is 1. The van der Waals surface area contributed by atoms with Crippen LogP contribution in [0.4, 0.5) is 0 Å². The van der Waals surface area contributed by atoms with E-state index in [-0.39, 0.29) is 6.04 Å². The predicted molar refractivity (Wildman–Crippen MR) is 79.8 cm³/mol. The number of halogens is 1. The Morgan fingerprint density at radius 1 is 1.05 bits per heavy atom. The summed E-state index contributed by atoms with van der Waals surface area (Å²) >= 11 is 3.56. The average Bonchev–Trinajstić information content (AvgIpc) is 2.88. The van der Waals surface area contributed by atoms with Crippen molar-refractivity contribution in [1.29, 1.82) is 0 Å². The molecule has 19 heavy (non-hydrogen) atoms.